The van der Waals surface area contributed by atoms with Gasteiger partial charge in [0.25, 0.3) is 0 Å². The summed E-state index contributed by atoms with van der Waals surface area (Å²) < 4.78 is 0. The first kappa shape index (κ1) is 15.4. The fourth-order valence-corrected chi connectivity index (χ4v) is 4.19. The summed E-state index contributed by atoms with van der Waals surface area (Å²) in [6.45, 7) is 3.15. The molecule has 1 aliphatic rings. The Morgan fingerprint density at radius 3 is 3.12 bits per heavy atom. The second-order valence-corrected chi connectivity index (χ2v) is 7.21. The average molecular weight is 340 g/mol. The predicted molar refractivity (Wildman–Crippen MR) is 96.6 cm³/mol. The van der Waals surface area contributed by atoms with E-state index in [0.717, 1.165) is 41.4 Å². The number of nitrogens with one attached hydrogen (secondary N) is 1. The summed E-state index contributed by atoms with van der Waals surface area (Å²) in [6.07, 6.45) is 6.63. The van der Waals surface area contributed by atoms with E-state index in [-0.39, 0.29) is 0 Å². The van der Waals surface area contributed by atoms with Crippen LogP contribution in [0, 0.1) is 5.92 Å². The molecular formula is C17H20N6S. The Balaban J connectivity index is 1.36. The summed E-state index contributed by atoms with van der Waals surface area (Å²) in [5.74, 6) is 2.34. The van der Waals surface area contributed by atoms with E-state index in [4.69, 9.17) is 5.73 Å². The number of likely N-dealkylation sites (tertiary alicyclic amines) is 1. The number of anilines is 1. The maximum Gasteiger partial charge on any atom is 0.151 e. The van der Waals surface area contributed by atoms with E-state index in [1.54, 1.807) is 0 Å². The van der Waals surface area contributed by atoms with Crippen LogP contribution in [0.25, 0.3) is 11.0 Å². The zero-order valence-corrected chi connectivity index (χ0v) is 14.2. The first-order chi connectivity index (χ1) is 11.8. The van der Waals surface area contributed by atoms with E-state index in [2.05, 4.69) is 30.9 Å². The van der Waals surface area contributed by atoms with Crippen molar-refractivity contribution in [3.05, 3.63) is 42.5 Å². The van der Waals surface area contributed by atoms with E-state index in [0.29, 0.717) is 11.7 Å². The van der Waals surface area contributed by atoms with Gasteiger partial charge in [0.05, 0.1) is 10.5 Å². The highest BCUT2D eigenvalue weighted by Crippen LogP contribution is 2.27. The first-order valence-corrected chi connectivity index (χ1v) is 9.11. The molecule has 4 rings (SSSR count). The molecule has 0 unspecified atom stereocenters. The van der Waals surface area contributed by atoms with E-state index in [9.17, 15) is 0 Å². The lowest BCUT2D eigenvalue weighted by Gasteiger charge is -2.15. The maximum absolute atomic E-state index is 5.89. The molecule has 7 heteroatoms. The largest absolute Gasteiger partial charge is 0.382 e. The van der Waals surface area contributed by atoms with Gasteiger partial charge >= 0.3 is 0 Å². The van der Waals surface area contributed by atoms with Crippen molar-refractivity contribution in [2.45, 2.75) is 18.0 Å². The molecule has 0 bridgehead atoms. The summed E-state index contributed by atoms with van der Waals surface area (Å²) in [5.41, 5.74) is 8.86. The van der Waals surface area contributed by atoms with Crippen molar-refractivity contribution in [1.82, 2.24) is 24.8 Å². The molecule has 24 heavy (non-hydrogen) atoms. The molecule has 3 aromatic rings. The zero-order valence-electron chi connectivity index (χ0n) is 13.4. The van der Waals surface area contributed by atoms with Crippen molar-refractivity contribution in [3.8, 4) is 0 Å². The van der Waals surface area contributed by atoms with Crippen LogP contribution in [0.5, 0.6) is 0 Å². The Bertz CT molecular complexity index is 818. The van der Waals surface area contributed by atoms with Crippen LogP contribution in [0.3, 0.4) is 0 Å². The van der Waals surface area contributed by atoms with Crippen LogP contribution in [0.15, 0.2) is 41.9 Å². The summed E-state index contributed by atoms with van der Waals surface area (Å²) in [6, 6.07) is 6.08. The van der Waals surface area contributed by atoms with Gasteiger partial charge in [-0.25, -0.2) is 15.0 Å². The minimum Gasteiger partial charge on any atom is -0.382 e. The number of aromatic amines is 1. The van der Waals surface area contributed by atoms with Gasteiger partial charge in [0, 0.05) is 36.8 Å². The molecule has 6 nitrogen and oxygen atoms in total. The number of nitrogens with two attached hydrogens (primary N) is 1. The molecule has 1 saturated heterocycles. The number of pyridine rings is 1. The first-order valence-electron chi connectivity index (χ1n) is 8.12. The monoisotopic (exact) mass is 340 g/mol. The highest BCUT2D eigenvalue weighted by atomic mass is 32.2. The minimum absolute atomic E-state index is 0.511. The summed E-state index contributed by atoms with van der Waals surface area (Å²) in [4.78, 5) is 18.5. The Morgan fingerprint density at radius 2 is 2.25 bits per heavy atom. The molecule has 0 spiro atoms. The molecular weight excluding hydrogens is 320 g/mol. The number of nitrogen functional groups attached to an aromatic ring is 1. The number of rotatable bonds is 5. The molecule has 124 valence electrons. The number of hydrogen-bond donors (Lipinski definition) is 2. The lowest BCUT2D eigenvalue weighted by atomic mass is 10.2. The van der Waals surface area contributed by atoms with Crippen molar-refractivity contribution < 1.29 is 0 Å². The Hall–Kier alpha value is -2.12. The third-order valence-electron chi connectivity index (χ3n) is 4.44. The van der Waals surface area contributed by atoms with Gasteiger partial charge in [0.15, 0.2) is 5.82 Å². The zero-order chi connectivity index (χ0) is 16.4. The Morgan fingerprint density at radius 1 is 1.29 bits per heavy atom. The van der Waals surface area contributed by atoms with Crippen molar-refractivity contribution in [1.29, 1.82) is 0 Å². The average Bonchev–Trinajstić information content (AvgIpc) is 3.23. The van der Waals surface area contributed by atoms with Crippen LogP contribution in [0.1, 0.15) is 12.0 Å². The number of thioether (sulfide) groups is 1. The molecule has 0 aromatic carbocycles. The Labute approximate surface area is 144 Å². The quantitative estimate of drug-likeness (QED) is 0.695. The maximum atomic E-state index is 5.89. The topological polar surface area (TPSA) is 83.7 Å². The molecule has 3 aromatic heterocycles. The lowest BCUT2D eigenvalue weighted by Crippen LogP contribution is -2.20. The number of nitrogens with zero attached hydrogens (tertiary/aromatic N) is 4. The number of aromatic nitrogens is 4. The number of H-pyrrole nitrogens is 1. The fourth-order valence-electron chi connectivity index (χ4n) is 3.20. The Kier molecular flexibility index (Phi) is 4.36. The van der Waals surface area contributed by atoms with Gasteiger partial charge in [0.1, 0.15) is 11.8 Å². The molecule has 1 fully saturated rings. The lowest BCUT2D eigenvalue weighted by molar-refractivity contribution is 0.322. The summed E-state index contributed by atoms with van der Waals surface area (Å²) in [7, 11) is 0. The van der Waals surface area contributed by atoms with Crippen molar-refractivity contribution in [3.63, 3.8) is 0 Å². The van der Waals surface area contributed by atoms with Crippen molar-refractivity contribution in [2.24, 2.45) is 5.92 Å². The van der Waals surface area contributed by atoms with Crippen molar-refractivity contribution in [2.75, 3.05) is 24.6 Å². The third-order valence-corrected chi connectivity index (χ3v) is 5.62. The van der Waals surface area contributed by atoms with Crippen LogP contribution >= 0.6 is 11.8 Å². The minimum atomic E-state index is 0.511. The van der Waals surface area contributed by atoms with Crippen LogP contribution in [-0.2, 0) is 6.54 Å². The normalized spacial score (nSPS) is 18.4. The molecule has 1 atom stereocenters. The number of fused-ring (bicyclic) bond motifs is 1. The van der Waals surface area contributed by atoms with Gasteiger partial charge in [-0.3, -0.25) is 4.90 Å². The van der Waals surface area contributed by atoms with Crippen LogP contribution < -0.4 is 5.73 Å². The van der Waals surface area contributed by atoms with Crippen molar-refractivity contribution >= 4 is 28.6 Å². The van der Waals surface area contributed by atoms with Crippen LogP contribution in [0.4, 0.5) is 5.82 Å². The van der Waals surface area contributed by atoms with Gasteiger partial charge < -0.3 is 10.7 Å². The van der Waals surface area contributed by atoms with E-state index in [1.165, 1.54) is 18.3 Å². The molecule has 3 N–H and O–H groups in total. The second-order valence-electron chi connectivity index (χ2n) is 6.17. The predicted octanol–water partition coefficient (Wildman–Crippen LogP) is 2.55. The molecule has 0 radical (unpaired) electrons. The molecule has 0 amide bonds. The second kappa shape index (κ2) is 6.78. The molecule has 4 heterocycles. The van der Waals surface area contributed by atoms with Gasteiger partial charge in [-0.15, -0.1) is 11.8 Å². The fraction of sp³-hybridized carbons (Fsp3) is 0.353. The number of hydrogen-bond acceptors (Lipinski definition) is 6. The van der Waals surface area contributed by atoms with Crippen LogP contribution in [0.2, 0.25) is 0 Å². The van der Waals surface area contributed by atoms with Gasteiger partial charge in [-0.05, 0) is 31.0 Å². The van der Waals surface area contributed by atoms with E-state index in [1.807, 2.05) is 36.3 Å². The van der Waals surface area contributed by atoms with Gasteiger partial charge in [0.2, 0.25) is 0 Å². The van der Waals surface area contributed by atoms with Gasteiger partial charge in [-0.2, -0.15) is 0 Å². The molecule has 0 saturated carbocycles. The molecule has 1 aliphatic heterocycles. The third kappa shape index (κ3) is 3.22. The molecule has 0 aliphatic carbocycles. The highest BCUT2D eigenvalue weighted by molar-refractivity contribution is 7.99. The summed E-state index contributed by atoms with van der Waals surface area (Å²) >= 11 is 1.85. The van der Waals surface area contributed by atoms with Crippen LogP contribution in [-0.4, -0.2) is 43.7 Å². The van der Waals surface area contributed by atoms with Gasteiger partial charge in [-0.1, -0.05) is 6.07 Å². The SMILES string of the molecule is Nc1ncnc2c(CN3CC[C@@H](CSc4ccccn4)C3)c[nH]c12. The standard InChI is InChI=1S/C17H20N6S/c18-17-16-15(21-11-22-17)13(7-20-16)9-23-6-4-12(8-23)10-24-14-3-1-2-5-19-14/h1-3,5,7,11-12,20H,4,6,8-10H2,(H2,18,21,22)/t12-/m1/s1. The highest BCUT2D eigenvalue weighted by Gasteiger charge is 2.23. The van der Waals surface area contributed by atoms with E-state index >= 15 is 0 Å². The smallest absolute Gasteiger partial charge is 0.151 e. The van der Waals surface area contributed by atoms with E-state index < -0.39 is 0 Å². The summed E-state index contributed by atoms with van der Waals surface area (Å²) in [5, 5.41) is 1.11.